The molecule has 0 unspecified atom stereocenters. The number of benzene rings is 2. The average Bonchev–Trinajstić information content (AvgIpc) is 2.96. The topological polar surface area (TPSA) is 68.9 Å². The lowest BCUT2D eigenvalue weighted by atomic mass is 10.1. The Morgan fingerprint density at radius 3 is 2.83 bits per heavy atom. The monoisotopic (exact) mass is 326 g/mol. The lowest BCUT2D eigenvalue weighted by Gasteiger charge is -2.10. The molecule has 5 heteroatoms. The first-order valence-electron chi connectivity index (χ1n) is 7.72. The fourth-order valence-electron chi connectivity index (χ4n) is 2.49. The summed E-state index contributed by atoms with van der Waals surface area (Å²) < 4.78 is 16.2. The summed E-state index contributed by atoms with van der Waals surface area (Å²) in [6, 6.07) is 12.3. The van der Waals surface area contributed by atoms with Gasteiger partial charge in [0.2, 0.25) is 0 Å². The Morgan fingerprint density at radius 1 is 1.17 bits per heavy atom. The second kappa shape index (κ2) is 7.08. The number of ether oxygens (including phenoxy) is 2. The first kappa shape index (κ1) is 15.9. The highest BCUT2D eigenvalue weighted by Gasteiger charge is 2.13. The van der Waals surface area contributed by atoms with Crippen LogP contribution in [-0.2, 0) is 22.6 Å². The molecule has 0 aliphatic heterocycles. The van der Waals surface area contributed by atoms with E-state index in [1.54, 1.807) is 12.1 Å². The van der Waals surface area contributed by atoms with Crippen molar-refractivity contribution in [1.82, 2.24) is 0 Å². The molecule has 1 heterocycles. The fourth-order valence-corrected chi connectivity index (χ4v) is 2.49. The molecule has 124 valence electrons. The molecule has 0 amide bonds. The molecule has 0 spiro atoms. The normalized spacial score (nSPS) is 10.7. The molecule has 0 radical (unpaired) electrons. The lowest BCUT2D eigenvalue weighted by molar-refractivity contribution is -0.144. The molecule has 24 heavy (non-hydrogen) atoms. The van der Waals surface area contributed by atoms with Crippen molar-refractivity contribution >= 4 is 16.9 Å². The van der Waals surface area contributed by atoms with E-state index < -0.39 is 0 Å². The van der Waals surface area contributed by atoms with Crippen LogP contribution in [0, 0.1) is 0 Å². The first-order chi connectivity index (χ1) is 11.7. The number of rotatable bonds is 6. The summed E-state index contributed by atoms with van der Waals surface area (Å²) in [4.78, 5) is 12.1. The van der Waals surface area contributed by atoms with Gasteiger partial charge < -0.3 is 19.0 Å². The van der Waals surface area contributed by atoms with Gasteiger partial charge >= 0.3 is 5.97 Å². The average molecular weight is 326 g/mol. The minimum absolute atomic E-state index is 0.106. The van der Waals surface area contributed by atoms with E-state index in [1.165, 1.54) is 12.3 Å². The Labute approximate surface area is 139 Å². The summed E-state index contributed by atoms with van der Waals surface area (Å²) in [5.74, 6) is 0.493. The van der Waals surface area contributed by atoms with Gasteiger partial charge in [0, 0.05) is 22.6 Å². The number of furan rings is 1. The van der Waals surface area contributed by atoms with Crippen molar-refractivity contribution in [3.63, 3.8) is 0 Å². The number of carbonyl (C=O) groups excluding carboxylic acids is 1. The van der Waals surface area contributed by atoms with Crippen LogP contribution in [0.25, 0.3) is 11.0 Å². The van der Waals surface area contributed by atoms with Gasteiger partial charge in [-0.2, -0.15) is 0 Å². The zero-order valence-corrected chi connectivity index (χ0v) is 13.3. The van der Waals surface area contributed by atoms with Gasteiger partial charge in [-0.1, -0.05) is 18.2 Å². The van der Waals surface area contributed by atoms with Crippen molar-refractivity contribution in [1.29, 1.82) is 0 Å². The molecule has 5 nitrogen and oxygen atoms in total. The molecular weight excluding hydrogens is 308 g/mol. The van der Waals surface area contributed by atoms with Crippen LogP contribution in [-0.4, -0.2) is 17.7 Å². The van der Waals surface area contributed by atoms with Gasteiger partial charge in [0.15, 0.2) is 0 Å². The van der Waals surface area contributed by atoms with E-state index in [1.807, 2.05) is 31.2 Å². The van der Waals surface area contributed by atoms with Crippen molar-refractivity contribution in [2.45, 2.75) is 20.0 Å². The predicted molar refractivity (Wildman–Crippen MR) is 89.0 cm³/mol. The van der Waals surface area contributed by atoms with Crippen molar-refractivity contribution in [3.05, 3.63) is 59.9 Å². The number of phenols is 1. The van der Waals surface area contributed by atoms with Gasteiger partial charge in [-0.3, -0.25) is 4.79 Å². The summed E-state index contributed by atoms with van der Waals surface area (Å²) >= 11 is 0. The highest BCUT2D eigenvalue weighted by Crippen LogP contribution is 2.26. The van der Waals surface area contributed by atoms with Crippen molar-refractivity contribution < 1.29 is 23.8 Å². The standard InChI is InChI=1S/C19H18O5/c1-2-22-17-6-4-3-5-13(17)11-24-19(21)9-14-12-23-18-10-15(20)7-8-16(14)18/h3-8,10,12,20H,2,9,11H2,1H3. The molecule has 0 atom stereocenters. The molecule has 3 rings (SSSR count). The van der Waals surface area contributed by atoms with E-state index in [9.17, 15) is 9.90 Å². The molecule has 1 N–H and O–H groups in total. The van der Waals surface area contributed by atoms with Crippen LogP contribution < -0.4 is 4.74 Å². The Hall–Kier alpha value is -2.95. The number of aromatic hydroxyl groups is 1. The Kier molecular flexibility index (Phi) is 4.70. The number of carbonyl (C=O) groups is 1. The molecule has 1 aromatic heterocycles. The van der Waals surface area contributed by atoms with Gasteiger partial charge in [0.1, 0.15) is 23.7 Å². The number of hydrogen-bond acceptors (Lipinski definition) is 5. The van der Waals surface area contributed by atoms with Gasteiger partial charge in [-0.05, 0) is 25.1 Å². The van der Waals surface area contributed by atoms with Gasteiger partial charge in [0.05, 0.1) is 19.3 Å². The second-order valence-electron chi connectivity index (χ2n) is 5.32. The van der Waals surface area contributed by atoms with Crippen LogP contribution in [0.1, 0.15) is 18.1 Å². The number of phenolic OH excluding ortho intramolecular Hbond substituents is 1. The molecule has 0 aliphatic carbocycles. The largest absolute Gasteiger partial charge is 0.508 e. The molecule has 0 bridgehead atoms. The third-order valence-electron chi connectivity index (χ3n) is 3.64. The van der Waals surface area contributed by atoms with Crippen LogP contribution in [0.3, 0.4) is 0 Å². The van der Waals surface area contributed by atoms with E-state index in [0.29, 0.717) is 12.2 Å². The van der Waals surface area contributed by atoms with Crippen molar-refractivity contribution in [2.75, 3.05) is 6.61 Å². The van der Waals surface area contributed by atoms with Crippen LogP contribution >= 0.6 is 0 Å². The van der Waals surface area contributed by atoms with Gasteiger partial charge in [0.25, 0.3) is 0 Å². The van der Waals surface area contributed by atoms with E-state index in [2.05, 4.69) is 0 Å². The second-order valence-corrected chi connectivity index (χ2v) is 5.32. The number of para-hydroxylation sites is 1. The smallest absolute Gasteiger partial charge is 0.310 e. The Morgan fingerprint density at radius 2 is 2.00 bits per heavy atom. The summed E-state index contributed by atoms with van der Waals surface area (Å²) in [6.45, 7) is 2.62. The zero-order valence-electron chi connectivity index (χ0n) is 13.3. The van der Waals surface area contributed by atoms with E-state index in [4.69, 9.17) is 13.9 Å². The number of hydrogen-bond donors (Lipinski definition) is 1. The molecule has 2 aromatic carbocycles. The van der Waals surface area contributed by atoms with E-state index >= 15 is 0 Å². The molecule has 0 saturated carbocycles. The maximum Gasteiger partial charge on any atom is 0.310 e. The minimum atomic E-state index is -0.350. The summed E-state index contributed by atoms with van der Waals surface area (Å²) in [5, 5.41) is 10.2. The summed E-state index contributed by atoms with van der Waals surface area (Å²) in [7, 11) is 0. The Balaban J connectivity index is 1.65. The first-order valence-corrected chi connectivity index (χ1v) is 7.72. The van der Waals surface area contributed by atoms with Gasteiger partial charge in [-0.15, -0.1) is 0 Å². The third kappa shape index (κ3) is 3.51. The van der Waals surface area contributed by atoms with Crippen molar-refractivity contribution in [2.24, 2.45) is 0 Å². The van der Waals surface area contributed by atoms with Crippen LogP contribution in [0.15, 0.2) is 53.1 Å². The van der Waals surface area contributed by atoms with Crippen molar-refractivity contribution in [3.8, 4) is 11.5 Å². The zero-order chi connectivity index (χ0) is 16.9. The highest BCUT2D eigenvalue weighted by atomic mass is 16.5. The maximum absolute atomic E-state index is 12.1. The molecule has 3 aromatic rings. The minimum Gasteiger partial charge on any atom is -0.508 e. The fraction of sp³-hybridized carbons (Fsp3) is 0.211. The molecule has 0 saturated heterocycles. The quantitative estimate of drug-likeness (QED) is 0.697. The molecule has 0 aliphatic rings. The predicted octanol–water partition coefficient (Wildman–Crippen LogP) is 3.82. The summed E-state index contributed by atoms with van der Waals surface area (Å²) in [5.41, 5.74) is 2.10. The maximum atomic E-state index is 12.1. The number of esters is 1. The molecular formula is C19H18O5. The van der Waals surface area contributed by atoms with Gasteiger partial charge in [-0.25, -0.2) is 0 Å². The third-order valence-corrected chi connectivity index (χ3v) is 3.64. The van der Waals surface area contributed by atoms with Crippen LogP contribution in [0.5, 0.6) is 11.5 Å². The highest BCUT2D eigenvalue weighted by molar-refractivity contribution is 5.86. The van der Waals surface area contributed by atoms with E-state index in [0.717, 1.165) is 22.3 Å². The molecule has 0 fully saturated rings. The van der Waals surface area contributed by atoms with Crippen LogP contribution in [0.4, 0.5) is 0 Å². The summed E-state index contributed by atoms with van der Waals surface area (Å²) in [6.07, 6.45) is 1.62. The number of fused-ring (bicyclic) bond motifs is 1. The van der Waals surface area contributed by atoms with E-state index in [-0.39, 0.29) is 24.7 Å². The SMILES string of the molecule is CCOc1ccccc1COC(=O)Cc1coc2cc(O)ccc12. The van der Waals surface area contributed by atoms with Crippen LogP contribution in [0.2, 0.25) is 0 Å². The Bertz CT molecular complexity index is 850. The lowest BCUT2D eigenvalue weighted by Crippen LogP contribution is -2.08.